The zero-order valence-electron chi connectivity index (χ0n) is 15.1. The van der Waals surface area contributed by atoms with Gasteiger partial charge >= 0.3 is 12.2 Å². The van der Waals surface area contributed by atoms with Crippen molar-refractivity contribution in [2.45, 2.75) is 51.7 Å². The summed E-state index contributed by atoms with van der Waals surface area (Å²) in [5.41, 5.74) is 0.584. The van der Waals surface area contributed by atoms with E-state index < -0.39 is 6.09 Å². The van der Waals surface area contributed by atoms with Crippen LogP contribution < -0.4 is 5.32 Å². The van der Waals surface area contributed by atoms with Crippen molar-refractivity contribution in [3.63, 3.8) is 0 Å². The van der Waals surface area contributed by atoms with Crippen LogP contribution in [0, 0.1) is 0 Å². The summed E-state index contributed by atoms with van der Waals surface area (Å²) >= 11 is 0. The molecule has 25 heavy (non-hydrogen) atoms. The van der Waals surface area contributed by atoms with Crippen molar-refractivity contribution < 1.29 is 19.1 Å². The molecule has 0 bridgehead atoms. The van der Waals surface area contributed by atoms with Crippen LogP contribution in [0.15, 0.2) is 30.3 Å². The van der Waals surface area contributed by atoms with Crippen LogP contribution >= 0.6 is 0 Å². The van der Waals surface area contributed by atoms with E-state index in [2.05, 4.69) is 12.2 Å². The molecule has 138 valence electrons. The average molecular weight is 348 g/mol. The Kier molecular flexibility index (Phi) is 7.10. The number of carbonyl (C=O) groups is 2. The Morgan fingerprint density at radius 2 is 1.84 bits per heavy atom. The smallest absolute Gasteiger partial charge is 0.409 e. The van der Waals surface area contributed by atoms with Crippen molar-refractivity contribution in [2.24, 2.45) is 0 Å². The SMILES string of the molecule is CCCCOC(=O)N1CCC(C)(NC(=O)OCc2ccccc2)CC1. The lowest BCUT2D eigenvalue weighted by Gasteiger charge is -2.39. The predicted octanol–water partition coefficient (Wildman–Crippen LogP) is 3.70. The van der Waals surface area contributed by atoms with Crippen LogP contribution in [-0.4, -0.2) is 42.3 Å². The van der Waals surface area contributed by atoms with E-state index >= 15 is 0 Å². The second-order valence-corrected chi connectivity index (χ2v) is 6.70. The molecule has 6 nitrogen and oxygen atoms in total. The normalized spacial score (nSPS) is 16.2. The Morgan fingerprint density at radius 1 is 1.16 bits per heavy atom. The summed E-state index contributed by atoms with van der Waals surface area (Å²) in [5, 5.41) is 2.94. The maximum atomic E-state index is 12.0. The van der Waals surface area contributed by atoms with Gasteiger partial charge in [0.15, 0.2) is 0 Å². The maximum Gasteiger partial charge on any atom is 0.409 e. The molecule has 1 fully saturated rings. The number of benzene rings is 1. The second-order valence-electron chi connectivity index (χ2n) is 6.70. The Balaban J connectivity index is 1.72. The number of piperidine rings is 1. The Labute approximate surface area is 149 Å². The van der Waals surface area contributed by atoms with Gasteiger partial charge in [0, 0.05) is 18.6 Å². The van der Waals surface area contributed by atoms with Gasteiger partial charge < -0.3 is 19.7 Å². The van der Waals surface area contributed by atoms with Gasteiger partial charge in [-0.15, -0.1) is 0 Å². The molecule has 0 aromatic heterocycles. The van der Waals surface area contributed by atoms with E-state index in [4.69, 9.17) is 9.47 Å². The molecule has 2 amide bonds. The molecular weight excluding hydrogens is 320 g/mol. The fourth-order valence-electron chi connectivity index (χ4n) is 2.71. The molecule has 1 N–H and O–H groups in total. The van der Waals surface area contributed by atoms with Gasteiger partial charge in [-0.2, -0.15) is 0 Å². The van der Waals surface area contributed by atoms with E-state index in [1.165, 1.54) is 0 Å². The number of rotatable bonds is 6. The molecule has 0 spiro atoms. The quantitative estimate of drug-likeness (QED) is 0.796. The molecule has 1 heterocycles. The molecule has 1 aliphatic heterocycles. The maximum absolute atomic E-state index is 12.0. The summed E-state index contributed by atoms with van der Waals surface area (Å²) < 4.78 is 10.5. The number of nitrogens with one attached hydrogen (secondary N) is 1. The van der Waals surface area contributed by atoms with Gasteiger partial charge in [-0.3, -0.25) is 0 Å². The van der Waals surface area contributed by atoms with Crippen LogP contribution in [0.3, 0.4) is 0 Å². The van der Waals surface area contributed by atoms with Crippen LogP contribution in [0.4, 0.5) is 9.59 Å². The minimum Gasteiger partial charge on any atom is -0.449 e. The molecule has 1 saturated heterocycles. The van der Waals surface area contributed by atoms with Crippen molar-refractivity contribution in [2.75, 3.05) is 19.7 Å². The van der Waals surface area contributed by atoms with Crippen LogP contribution in [0.1, 0.15) is 45.1 Å². The van der Waals surface area contributed by atoms with E-state index in [1.54, 1.807) is 4.90 Å². The molecule has 0 unspecified atom stereocenters. The fraction of sp³-hybridized carbons (Fsp3) is 0.579. The van der Waals surface area contributed by atoms with E-state index in [0.29, 0.717) is 32.5 Å². The highest BCUT2D eigenvalue weighted by Crippen LogP contribution is 2.22. The van der Waals surface area contributed by atoms with Gasteiger partial charge in [0.05, 0.1) is 6.61 Å². The fourth-order valence-corrected chi connectivity index (χ4v) is 2.71. The highest BCUT2D eigenvalue weighted by atomic mass is 16.6. The molecule has 0 atom stereocenters. The zero-order chi connectivity index (χ0) is 18.1. The van der Waals surface area contributed by atoms with Gasteiger partial charge in [0.2, 0.25) is 0 Å². The third-order valence-corrected chi connectivity index (χ3v) is 4.47. The predicted molar refractivity (Wildman–Crippen MR) is 95.2 cm³/mol. The number of ether oxygens (including phenoxy) is 2. The molecule has 1 aliphatic rings. The molecular formula is C19H28N2O4. The van der Waals surface area contributed by atoms with Crippen LogP contribution in [-0.2, 0) is 16.1 Å². The van der Waals surface area contributed by atoms with E-state index in [0.717, 1.165) is 18.4 Å². The van der Waals surface area contributed by atoms with Crippen molar-refractivity contribution in [1.29, 1.82) is 0 Å². The number of amides is 2. The highest BCUT2D eigenvalue weighted by Gasteiger charge is 2.34. The van der Waals surface area contributed by atoms with Gasteiger partial charge in [-0.25, -0.2) is 9.59 Å². The number of hydrogen-bond acceptors (Lipinski definition) is 4. The first-order valence-electron chi connectivity index (χ1n) is 8.93. The minimum absolute atomic E-state index is 0.249. The van der Waals surface area contributed by atoms with Gasteiger partial charge in [0.25, 0.3) is 0 Å². The van der Waals surface area contributed by atoms with E-state index in [-0.39, 0.29) is 18.2 Å². The molecule has 0 saturated carbocycles. The lowest BCUT2D eigenvalue weighted by Crippen LogP contribution is -2.54. The van der Waals surface area contributed by atoms with Crippen LogP contribution in [0.2, 0.25) is 0 Å². The molecule has 1 aromatic rings. The van der Waals surface area contributed by atoms with Crippen LogP contribution in [0.5, 0.6) is 0 Å². The minimum atomic E-state index is -0.426. The Morgan fingerprint density at radius 3 is 2.48 bits per heavy atom. The summed E-state index contributed by atoms with van der Waals surface area (Å²) in [6.07, 6.45) is 2.55. The zero-order valence-corrected chi connectivity index (χ0v) is 15.1. The number of carbonyl (C=O) groups excluding carboxylic acids is 2. The topological polar surface area (TPSA) is 67.9 Å². The number of nitrogens with zero attached hydrogens (tertiary/aromatic N) is 1. The number of alkyl carbamates (subject to hydrolysis) is 1. The monoisotopic (exact) mass is 348 g/mol. The van der Waals surface area contributed by atoms with Crippen molar-refractivity contribution in [3.05, 3.63) is 35.9 Å². The summed E-state index contributed by atoms with van der Waals surface area (Å²) in [4.78, 5) is 25.7. The molecule has 6 heteroatoms. The number of likely N-dealkylation sites (tertiary alicyclic amines) is 1. The molecule has 0 aliphatic carbocycles. The average Bonchev–Trinajstić information content (AvgIpc) is 2.61. The van der Waals surface area contributed by atoms with E-state index in [1.807, 2.05) is 37.3 Å². The van der Waals surface area contributed by atoms with Crippen molar-refractivity contribution >= 4 is 12.2 Å². The summed E-state index contributed by atoms with van der Waals surface area (Å²) in [7, 11) is 0. The summed E-state index contributed by atoms with van der Waals surface area (Å²) in [6, 6.07) is 9.57. The Bertz CT molecular complexity index is 554. The van der Waals surface area contributed by atoms with Crippen molar-refractivity contribution in [1.82, 2.24) is 10.2 Å². The molecule has 0 radical (unpaired) electrons. The summed E-state index contributed by atoms with van der Waals surface area (Å²) in [5.74, 6) is 0. The third kappa shape index (κ3) is 6.29. The number of hydrogen-bond donors (Lipinski definition) is 1. The first-order chi connectivity index (χ1) is 12.0. The summed E-state index contributed by atoms with van der Waals surface area (Å²) in [6.45, 7) is 5.89. The van der Waals surface area contributed by atoms with Crippen molar-refractivity contribution in [3.8, 4) is 0 Å². The standard InChI is InChI=1S/C19H28N2O4/c1-3-4-14-24-18(23)21-12-10-19(2,11-13-21)20-17(22)25-15-16-8-6-5-7-9-16/h5-9H,3-4,10-15H2,1-2H3,(H,20,22). The van der Waals surface area contributed by atoms with E-state index in [9.17, 15) is 9.59 Å². The largest absolute Gasteiger partial charge is 0.449 e. The lowest BCUT2D eigenvalue weighted by molar-refractivity contribution is 0.0751. The third-order valence-electron chi connectivity index (χ3n) is 4.47. The molecule has 1 aromatic carbocycles. The Hall–Kier alpha value is -2.24. The first-order valence-corrected chi connectivity index (χ1v) is 8.93. The highest BCUT2D eigenvalue weighted by molar-refractivity contribution is 5.69. The lowest BCUT2D eigenvalue weighted by atomic mass is 9.90. The molecule has 2 rings (SSSR count). The number of unbranched alkanes of at least 4 members (excludes halogenated alkanes) is 1. The van der Waals surface area contributed by atoms with Gasteiger partial charge in [-0.1, -0.05) is 43.7 Å². The van der Waals surface area contributed by atoms with Gasteiger partial charge in [0.1, 0.15) is 6.61 Å². The van der Waals surface area contributed by atoms with Crippen LogP contribution in [0.25, 0.3) is 0 Å². The first kappa shape index (κ1) is 19.1. The second kappa shape index (κ2) is 9.30. The van der Waals surface area contributed by atoms with Gasteiger partial charge in [-0.05, 0) is 31.7 Å².